The summed E-state index contributed by atoms with van der Waals surface area (Å²) in [5, 5.41) is 13.5. The van der Waals surface area contributed by atoms with Crippen LogP contribution in [0.15, 0.2) is 42.9 Å². The number of anilines is 1. The van der Waals surface area contributed by atoms with Gasteiger partial charge in [0, 0.05) is 69.0 Å². The summed E-state index contributed by atoms with van der Waals surface area (Å²) < 4.78 is 1.93. The molecule has 3 aromatic rings. The Morgan fingerprint density at radius 3 is 2.35 bits per heavy atom. The first-order chi connectivity index (χ1) is 14.6. The lowest BCUT2D eigenvalue weighted by Gasteiger charge is -2.35. The van der Waals surface area contributed by atoms with Gasteiger partial charge in [0.2, 0.25) is 0 Å². The van der Waals surface area contributed by atoms with E-state index in [-0.39, 0.29) is 18.3 Å². The first kappa shape index (κ1) is 22.7. The minimum absolute atomic E-state index is 0. The van der Waals surface area contributed by atoms with Gasteiger partial charge in [-0.25, -0.2) is 4.98 Å². The Hall–Kier alpha value is -2.95. The summed E-state index contributed by atoms with van der Waals surface area (Å²) in [6.07, 6.45) is 5.47. The lowest BCUT2D eigenvalue weighted by Crippen LogP contribution is -2.46. The van der Waals surface area contributed by atoms with Gasteiger partial charge in [-0.3, -0.25) is 14.6 Å². The molecule has 0 saturated carbocycles. The van der Waals surface area contributed by atoms with Crippen LogP contribution in [0.25, 0.3) is 11.3 Å². The van der Waals surface area contributed by atoms with Crippen LogP contribution < -0.4 is 4.90 Å². The van der Waals surface area contributed by atoms with Crippen LogP contribution in [-0.2, 0) is 13.6 Å². The quantitative estimate of drug-likeness (QED) is 0.607. The number of hydrogen-bond acceptors (Lipinski definition) is 6. The van der Waals surface area contributed by atoms with Crippen molar-refractivity contribution >= 4 is 18.2 Å². The van der Waals surface area contributed by atoms with E-state index >= 15 is 0 Å². The van der Waals surface area contributed by atoms with E-state index in [9.17, 15) is 0 Å². The van der Waals surface area contributed by atoms with Gasteiger partial charge < -0.3 is 4.90 Å². The lowest BCUT2D eigenvalue weighted by atomic mass is 10.00. The van der Waals surface area contributed by atoms with Gasteiger partial charge in [-0.1, -0.05) is 24.3 Å². The SMILES string of the molecule is Cc1c(CN2CCN(c3nccnc3-c3ccc(C(C)C#N)cc3)CC2)cnn1C.Cl. The molecule has 7 nitrogen and oxygen atoms in total. The molecule has 1 saturated heterocycles. The molecule has 1 aliphatic heterocycles. The second kappa shape index (κ2) is 9.90. The Balaban J connectivity index is 0.00000272. The average molecular weight is 438 g/mol. The van der Waals surface area contributed by atoms with Crippen LogP contribution in [0.5, 0.6) is 0 Å². The Kier molecular flexibility index (Phi) is 7.26. The maximum atomic E-state index is 9.13. The summed E-state index contributed by atoms with van der Waals surface area (Å²) in [7, 11) is 1.99. The molecule has 0 bridgehead atoms. The van der Waals surface area contributed by atoms with Gasteiger partial charge in [0.05, 0.1) is 18.2 Å². The van der Waals surface area contributed by atoms with Gasteiger partial charge in [0.1, 0.15) is 5.69 Å². The molecule has 3 heterocycles. The van der Waals surface area contributed by atoms with Crippen LogP contribution in [0.2, 0.25) is 0 Å². The fourth-order valence-electron chi connectivity index (χ4n) is 3.83. The van der Waals surface area contributed by atoms with E-state index in [0.717, 1.165) is 55.4 Å². The van der Waals surface area contributed by atoms with Gasteiger partial charge in [-0.05, 0) is 19.4 Å². The molecular formula is C23H28ClN7. The zero-order valence-corrected chi connectivity index (χ0v) is 19.0. The number of aryl methyl sites for hydroxylation is 1. The van der Waals surface area contributed by atoms with E-state index in [0.29, 0.717) is 0 Å². The smallest absolute Gasteiger partial charge is 0.155 e. The van der Waals surface area contributed by atoms with Gasteiger partial charge in [0.15, 0.2) is 5.82 Å². The van der Waals surface area contributed by atoms with Crippen LogP contribution in [0.3, 0.4) is 0 Å². The van der Waals surface area contributed by atoms with Crippen LogP contribution in [0.1, 0.15) is 29.7 Å². The van der Waals surface area contributed by atoms with Crippen molar-refractivity contribution in [3.8, 4) is 17.3 Å². The largest absolute Gasteiger partial charge is 0.352 e. The van der Waals surface area contributed by atoms with Crippen LogP contribution in [-0.4, -0.2) is 50.8 Å². The van der Waals surface area contributed by atoms with Crippen molar-refractivity contribution in [2.24, 2.45) is 7.05 Å². The molecule has 8 heteroatoms. The lowest BCUT2D eigenvalue weighted by molar-refractivity contribution is 0.249. The van der Waals surface area contributed by atoms with E-state index < -0.39 is 0 Å². The van der Waals surface area contributed by atoms with Crippen molar-refractivity contribution < 1.29 is 0 Å². The summed E-state index contributed by atoms with van der Waals surface area (Å²) in [6, 6.07) is 10.4. The Morgan fingerprint density at radius 1 is 1.06 bits per heavy atom. The zero-order chi connectivity index (χ0) is 21.1. The number of benzene rings is 1. The summed E-state index contributed by atoms with van der Waals surface area (Å²) in [4.78, 5) is 14.1. The van der Waals surface area contributed by atoms with Crippen LogP contribution >= 0.6 is 12.4 Å². The maximum Gasteiger partial charge on any atom is 0.155 e. The molecule has 1 unspecified atom stereocenters. The normalized spacial score (nSPS) is 15.2. The predicted octanol–water partition coefficient (Wildman–Crippen LogP) is 3.56. The van der Waals surface area contributed by atoms with E-state index in [1.54, 1.807) is 12.4 Å². The third kappa shape index (κ3) is 4.87. The van der Waals surface area contributed by atoms with Gasteiger partial charge in [-0.2, -0.15) is 10.4 Å². The molecule has 1 fully saturated rings. The monoisotopic (exact) mass is 437 g/mol. The second-order valence-corrected chi connectivity index (χ2v) is 7.84. The molecule has 1 aromatic carbocycles. The number of aromatic nitrogens is 4. The molecule has 2 aromatic heterocycles. The molecule has 162 valence electrons. The predicted molar refractivity (Wildman–Crippen MR) is 124 cm³/mol. The molecule has 1 aliphatic rings. The zero-order valence-electron chi connectivity index (χ0n) is 18.2. The van der Waals surface area contributed by atoms with Crippen LogP contribution in [0.4, 0.5) is 5.82 Å². The highest BCUT2D eigenvalue weighted by Crippen LogP contribution is 2.29. The van der Waals surface area contributed by atoms with E-state index in [4.69, 9.17) is 5.26 Å². The Labute approximate surface area is 189 Å². The van der Waals surface area contributed by atoms with Crippen LogP contribution in [0, 0.1) is 18.3 Å². The molecule has 1 atom stereocenters. The van der Waals surface area contributed by atoms with Crippen molar-refractivity contribution in [3.63, 3.8) is 0 Å². The van der Waals surface area contributed by atoms with Crippen molar-refractivity contribution in [2.75, 3.05) is 31.1 Å². The molecule has 0 N–H and O–H groups in total. The first-order valence-electron chi connectivity index (χ1n) is 10.3. The summed E-state index contributed by atoms with van der Waals surface area (Å²) >= 11 is 0. The fourth-order valence-corrected chi connectivity index (χ4v) is 3.83. The average Bonchev–Trinajstić information content (AvgIpc) is 3.11. The Bertz CT molecular complexity index is 1050. The van der Waals surface area contributed by atoms with Gasteiger partial charge in [-0.15, -0.1) is 12.4 Å². The molecule has 0 aliphatic carbocycles. The van der Waals surface area contributed by atoms with E-state index in [1.807, 2.05) is 49.1 Å². The third-order valence-corrected chi connectivity index (χ3v) is 5.96. The molecule has 0 radical (unpaired) electrons. The van der Waals surface area contributed by atoms with Crippen molar-refractivity contribution in [3.05, 3.63) is 59.7 Å². The summed E-state index contributed by atoms with van der Waals surface area (Å²) in [5.74, 6) is 0.813. The molecule has 0 amide bonds. The standard InChI is InChI=1S/C23H27N7.ClH/c1-17(14-24)19-4-6-20(7-5-19)22-23(26-9-8-25-22)30-12-10-29(11-13-30)16-21-15-27-28(3)18(21)2;/h4-9,15,17H,10-13,16H2,1-3H3;1H. The van der Waals surface area contributed by atoms with Gasteiger partial charge in [0.25, 0.3) is 0 Å². The number of nitrogens with zero attached hydrogens (tertiary/aromatic N) is 7. The van der Waals surface area contributed by atoms with Gasteiger partial charge >= 0.3 is 0 Å². The minimum Gasteiger partial charge on any atom is -0.352 e. The number of halogens is 1. The number of hydrogen-bond donors (Lipinski definition) is 0. The minimum atomic E-state index is -0.114. The van der Waals surface area contributed by atoms with Crippen molar-refractivity contribution in [1.29, 1.82) is 5.26 Å². The number of piperazine rings is 1. The highest BCUT2D eigenvalue weighted by Gasteiger charge is 2.22. The number of rotatable bonds is 5. The number of nitriles is 1. The maximum absolute atomic E-state index is 9.13. The summed E-state index contributed by atoms with van der Waals surface area (Å²) in [5.41, 5.74) is 5.46. The molecule has 4 rings (SSSR count). The van der Waals surface area contributed by atoms with Crippen molar-refractivity contribution in [1.82, 2.24) is 24.6 Å². The molecule has 31 heavy (non-hydrogen) atoms. The Morgan fingerprint density at radius 2 is 1.74 bits per heavy atom. The highest BCUT2D eigenvalue weighted by atomic mass is 35.5. The van der Waals surface area contributed by atoms with E-state index in [2.05, 4.69) is 37.9 Å². The topological polar surface area (TPSA) is 73.9 Å². The fraction of sp³-hybridized carbons (Fsp3) is 0.391. The summed E-state index contributed by atoms with van der Waals surface area (Å²) in [6.45, 7) is 8.73. The second-order valence-electron chi connectivity index (χ2n) is 7.84. The third-order valence-electron chi connectivity index (χ3n) is 5.96. The highest BCUT2D eigenvalue weighted by molar-refractivity contribution is 5.85. The first-order valence-corrected chi connectivity index (χ1v) is 10.3. The molecular weight excluding hydrogens is 410 g/mol. The van der Waals surface area contributed by atoms with E-state index in [1.165, 1.54) is 11.3 Å². The van der Waals surface area contributed by atoms with Crippen molar-refractivity contribution in [2.45, 2.75) is 26.3 Å². The molecule has 0 spiro atoms.